The predicted molar refractivity (Wildman–Crippen MR) is 135 cm³/mol. The molecule has 0 unspecified atom stereocenters. The first-order valence-corrected chi connectivity index (χ1v) is 12.0. The minimum Gasteiger partial charge on any atom is -0.496 e. The van der Waals surface area contributed by atoms with E-state index in [0.717, 1.165) is 24.8 Å². The Bertz CT molecular complexity index is 1390. The second kappa shape index (κ2) is 10.8. The topological polar surface area (TPSA) is 73.6 Å². The molecule has 1 fully saturated rings. The number of hydrogen-bond donors (Lipinski definition) is 0. The Hall–Kier alpha value is -4.03. The molecule has 38 heavy (non-hydrogen) atoms. The average molecular weight is 542 g/mol. The van der Waals surface area contributed by atoms with Crippen LogP contribution < -0.4 is 4.74 Å². The lowest BCUT2D eigenvalue weighted by atomic mass is 9.93. The summed E-state index contributed by atoms with van der Waals surface area (Å²) in [4.78, 5) is 29.7. The molecule has 196 valence electrons. The monoisotopic (exact) mass is 541 g/mol. The molecule has 2 amide bonds. The number of carbonyl (C=O) groups excluding carboxylic acids is 2. The molecule has 0 bridgehead atoms. The Balaban J connectivity index is 1.66. The Morgan fingerprint density at radius 3 is 2.24 bits per heavy atom. The second-order valence-corrected chi connectivity index (χ2v) is 9.39. The van der Waals surface area contributed by atoms with E-state index in [1.54, 1.807) is 41.3 Å². The second-order valence-electron chi connectivity index (χ2n) is 8.95. The molecule has 1 heterocycles. The van der Waals surface area contributed by atoms with Gasteiger partial charge in [0.05, 0.1) is 30.3 Å². The van der Waals surface area contributed by atoms with Gasteiger partial charge in [-0.05, 0) is 60.2 Å². The van der Waals surface area contributed by atoms with Crippen molar-refractivity contribution in [2.24, 2.45) is 0 Å². The van der Waals surface area contributed by atoms with Crippen LogP contribution in [0.25, 0.3) is 0 Å². The van der Waals surface area contributed by atoms with Gasteiger partial charge in [0.1, 0.15) is 5.75 Å². The molecule has 3 aromatic carbocycles. The zero-order valence-electron chi connectivity index (χ0n) is 20.5. The van der Waals surface area contributed by atoms with Crippen molar-refractivity contribution in [3.8, 4) is 11.8 Å². The maximum absolute atomic E-state index is 13.6. The van der Waals surface area contributed by atoms with Gasteiger partial charge in [-0.25, -0.2) is 0 Å². The Labute approximate surface area is 222 Å². The first kappa shape index (κ1) is 27.0. The summed E-state index contributed by atoms with van der Waals surface area (Å²) in [6.45, 7) is 0.440. The van der Waals surface area contributed by atoms with Crippen LogP contribution in [0.1, 0.15) is 43.3 Å². The summed E-state index contributed by atoms with van der Waals surface area (Å²) in [5.74, 6) is -1.59. The van der Waals surface area contributed by atoms with Crippen molar-refractivity contribution < 1.29 is 27.5 Å². The van der Waals surface area contributed by atoms with Crippen molar-refractivity contribution in [2.75, 3.05) is 27.2 Å². The molecule has 0 aromatic heterocycles. The van der Waals surface area contributed by atoms with Gasteiger partial charge in [0, 0.05) is 42.2 Å². The molecule has 4 rings (SSSR count). The van der Waals surface area contributed by atoms with Crippen LogP contribution in [0.15, 0.2) is 66.7 Å². The lowest BCUT2D eigenvalue weighted by molar-refractivity contribution is -0.138. The van der Waals surface area contributed by atoms with Crippen molar-refractivity contribution in [3.05, 3.63) is 99.6 Å². The SMILES string of the molecule is COc1ccc(C(=O)N(C)[C@H]2CN(C(=O)c3ccc(C#N)cc3)C[C@@H]2c2ccc(Cl)cc2)cc1C(F)(F)F. The number of alkyl halides is 3. The predicted octanol–water partition coefficient (Wildman–Crippen LogP) is 5.62. The smallest absolute Gasteiger partial charge is 0.419 e. The van der Waals surface area contributed by atoms with Gasteiger partial charge in [0.2, 0.25) is 0 Å². The van der Waals surface area contributed by atoms with E-state index in [2.05, 4.69) is 0 Å². The van der Waals surface area contributed by atoms with Gasteiger partial charge >= 0.3 is 6.18 Å². The van der Waals surface area contributed by atoms with E-state index in [4.69, 9.17) is 21.6 Å². The van der Waals surface area contributed by atoms with Crippen LogP contribution in [0, 0.1) is 11.3 Å². The largest absolute Gasteiger partial charge is 0.496 e. The molecular weight excluding hydrogens is 519 g/mol. The molecule has 3 aromatic rings. The maximum atomic E-state index is 13.6. The van der Waals surface area contributed by atoms with Crippen molar-refractivity contribution in [1.82, 2.24) is 9.80 Å². The molecule has 0 spiro atoms. The third-order valence-corrected chi connectivity index (χ3v) is 6.96. The first-order chi connectivity index (χ1) is 18.0. The van der Waals surface area contributed by atoms with Crippen LogP contribution in [0.5, 0.6) is 5.75 Å². The summed E-state index contributed by atoms with van der Waals surface area (Å²) < 4.78 is 45.5. The van der Waals surface area contributed by atoms with Crippen LogP contribution in [-0.2, 0) is 6.18 Å². The molecule has 1 aliphatic rings. The molecule has 0 N–H and O–H groups in total. The fraction of sp³-hybridized carbons (Fsp3) is 0.250. The number of methoxy groups -OCH3 is 1. The van der Waals surface area contributed by atoms with E-state index >= 15 is 0 Å². The zero-order chi connectivity index (χ0) is 27.6. The number of hydrogen-bond acceptors (Lipinski definition) is 4. The summed E-state index contributed by atoms with van der Waals surface area (Å²) in [5.41, 5.74) is 0.450. The van der Waals surface area contributed by atoms with Gasteiger partial charge in [-0.1, -0.05) is 23.7 Å². The summed E-state index contributed by atoms with van der Waals surface area (Å²) >= 11 is 6.05. The number of benzene rings is 3. The van der Waals surface area contributed by atoms with Gasteiger partial charge in [0.25, 0.3) is 11.8 Å². The number of amides is 2. The normalized spacial score (nSPS) is 17.1. The van der Waals surface area contributed by atoms with E-state index in [-0.39, 0.29) is 36.2 Å². The highest BCUT2D eigenvalue weighted by Gasteiger charge is 2.41. The van der Waals surface area contributed by atoms with E-state index in [0.29, 0.717) is 16.1 Å². The summed E-state index contributed by atoms with van der Waals surface area (Å²) in [6.07, 6.45) is -4.70. The molecular formula is C28H23ClF3N3O3. The van der Waals surface area contributed by atoms with Crippen LogP contribution in [0.2, 0.25) is 5.02 Å². The van der Waals surface area contributed by atoms with Crippen LogP contribution >= 0.6 is 11.6 Å². The number of ether oxygens (including phenoxy) is 1. The standard InChI is InChI=1S/C28H23ClF3N3O3/c1-34(26(36)20-9-12-25(38-2)23(13-20)28(30,31)32)24-16-35(15-22(24)18-7-10-21(29)11-8-18)27(37)19-5-3-17(14-33)4-6-19/h3-13,22,24H,15-16H2,1-2H3/t22-,24+/m1/s1. The first-order valence-electron chi connectivity index (χ1n) is 11.6. The average Bonchev–Trinajstić information content (AvgIpc) is 3.37. The van der Waals surface area contributed by atoms with Crippen molar-refractivity contribution in [3.63, 3.8) is 0 Å². The van der Waals surface area contributed by atoms with E-state index in [1.165, 1.54) is 18.0 Å². The molecule has 0 radical (unpaired) electrons. The Morgan fingerprint density at radius 1 is 1.03 bits per heavy atom. The third-order valence-electron chi connectivity index (χ3n) is 6.70. The fourth-order valence-corrected chi connectivity index (χ4v) is 4.80. The molecule has 1 saturated heterocycles. The number of likely N-dealkylation sites (N-methyl/N-ethyl adjacent to an activating group) is 1. The number of rotatable bonds is 5. The summed E-state index contributed by atoms with van der Waals surface area (Å²) in [7, 11) is 2.65. The lowest BCUT2D eigenvalue weighted by Crippen LogP contribution is -2.42. The van der Waals surface area contributed by atoms with Crippen LogP contribution in [0.3, 0.4) is 0 Å². The van der Waals surface area contributed by atoms with E-state index < -0.39 is 23.7 Å². The molecule has 0 saturated carbocycles. The Kier molecular flexibility index (Phi) is 7.65. The number of nitrogens with zero attached hydrogens (tertiary/aromatic N) is 3. The summed E-state index contributed by atoms with van der Waals surface area (Å²) in [5, 5.41) is 9.55. The van der Waals surface area contributed by atoms with E-state index in [1.807, 2.05) is 18.2 Å². The maximum Gasteiger partial charge on any atom is 0.419 e. The quantitative estimate of drug-likeness (QED) is 0.420. The number of halogens is 4. The Morgan fingerprint density at radius 2 is 1.66 bits per heavy atom. The van der Waals surface area contributed by atoms with Crippen LogP contribution in [-0.4, -0.2) is 54.9 Å². The number of carbonyl (C=O) groups is 2. The lowest BCUT2D eigenvalue weighted by Gasteiger charge is -2.29. The zero-order valence-corrected chi connectivity index (χ0v) is 21.3. The van der Waals surface area contributed by atoms with Gasteiger partial charge in [-0.3, -0.25) is 9.59 Å². The van der Waals surface area contributed by atoms with Gasteiger partial charge in [-0.15, -0.1) is 0 Å². The van der Waals surface area contributed by atoms with Gasteiger partial charge in [0.15, 0.2) is 0 Å². The molecule has 0 aliphatic carbocycles. The minimum absolute atomic E-state index is 0.146. The molecule has 10 heteroatoms. The molecule has 1 aliphatic heterocycles. The fourth-order valence-electron chi connectivity index (χ4n) is 4.67. The highest BCUT2D eigenvalue weighted by molar-refractivity contribution is 6.30. The van der Waals surface area contributed by atoms with E-state index in [9.17, 15) is 22.8 Å². The van der Waals surface area contributed by atoms with Crippen molar-refractivity contribution >= 4 is 23.4 Å². The van der Waals surface area contributed by atoms with Gasteiger partial charge in [-0.2, -0.15) is 18.4 Å². The molecule has 2 atom stereocenters. The van der Waals surface area contributed by atoms with Crippen molar-refractivity contribution in [2.45, 2.75) is 18.1 Å². The minimum atomic E-state index is -4.70. The summed E-state index contributed by atoms with van der Waals surface area (Å²) in [6, 6.07) is 17.9. The number of likely N-dealkylation sites (tertiary alicyclic amines) is 1. The highest BCUT2D eigenvalue weighted by atomic mass is 35.5. The van der Waals surface area contributed by atoms with Gasteiger partial charge < -0.3 is 14.5 Å². The van der Waals surface area contributed by atoms with Crippen molar-refractivity contribution in [1.29, 1.82) is 5.26 Å². The number of nitriles is 1. The highest BCUT2D eigenvalue weighted by Crippen LogP contribution is 2.38. The molecule has 6 nitrogen and oxygen atoms in total. The van der Waals surface area contributed by atoms with Crippen LogP contribution in [0.4, 0.5) is 13.2 Å². The third kappa shape index (κ3) is 5.46.